The molecule has 10 heteroatoms. The van der Waals surface area contributed by atoms with Gasteiger partial charge < -0.3 is 14.5 Å². The molecule has 1 N–H and O–H groups in total. The Morgan fingerprint density at radius 3 is 2.39 bits per heavy atom. The minimum atomic E-state index is -2.85. The van der Waals surface area contributed by atoms with E-state index in [2.05, 4.69) is 10.4 Å². The van der Waals surface area contributed by atoms with Crippen LogP contribution in [0.3, 0.4) is 0 Å². The first-order valence-corrected chi connectivity index (χ1v) is 13.3. The zero-order chi connectivity index (χ0) is 22.5. The van der Waals surface area contributed by atoms with E-state index in [4.69, 9.17) is 4.74 Å². The van der Waals surface area contributed by atoms with Crippen molar-refractivity contribution >= 4 is 21.8 Å². The number of hydrogen-bond donors (Lipinski definition) is 1. The summed E-state index contributed by atoms with van der Waals surface area (Å²) >= 11 is 0. The molecule has 9 nitrogen and oxygen atoms in total. The fourth-order valence-electron chi connectivity index (χ4n) is 6.04. The van der Waals surface area contributed by atoms with E-state index >= 15 is 0 Å². The summed E-state index contributed by atoms with van der Waals surface area (Å²) in [5.41, 5.74) is 3.41. The number of hydrazine groups is 1. The van der Waals surface area contributed by atoms with Gasteiger partial charge in [0, 0.05) is 32.6 Å². The molecule has 31 heavy (non-hydrogen) atoms. The Morgan fingerprint density at radius 1 is 1.06 bits per heavy atom. The molecule has 4 unspecified atom stereocenters. The zero-order valence-electron chi connectivity index (χ0n) is 19.0. The van der Waals surface area contributed by atoms with Crippen LogP contribution in [0.2, 0.25) is 0 Å². The number of rotatable bonds is 3. The molecule has 176 valence electrons. The smallest absolute Gasteiger partial charge is 0.410 e. The van der Waals surface area contributed by atoms with E-state index in [1.165, 1.54) is 0 Å². The maximum Gasteiger partial charge on any atom is 0.410 e. The number of carbonyl (C=O) groups is 2. The van der Waals surface area contributed by atoms with Gasteiger partial charge in [-0.15, -0.1) is 0 Å². The lowest BCUT2D eigenvalue weighted by atomic mass is 9.73. The highest BCUT2D eigenvalue weighted by atomic mass is 32.2. The minimum Gasteiger partial charge on any atom is -0.447 e. The summed E-state index contributed by atoms with van der Waals surface area (Å²) in [6.07, 6.45) is 2.26. The number of ether oxygens (including phenoxy) is 1. The summed E-state index contributed by atoms with van der Waals surface area (Å²) in [6.45, 7) is 9.50. The van der Waals surface area contributed by atoms with Crippen LogP contribution in [0.25, 0.3) is 0 Å². The summed E-state index contributed by atoms with van der Waals surface area (Å²) in [6, 6.07) is 0.0366. The first kappa shape index (κ1) is 22.8. The van der Waals surface area contributed by atoms with E-state index in [-0.39, 0.29) is 53.8 Å². The van der Waals surface area contributed by atoms with E-state index < -0.39 is 9.84 Å². The second-order valence-electron chi connectivity index (χ2n) is 10.1. The third kappa shape index (κ3) is 4.57. The molecule has 2 amide bonds. The first-order chi connectivity index (χ1) is 14.6. The molecule has 0 spiro atoms. The molecule has 3 heterocycles. The fraction of sp³-hybridized carbons (Fsp3) is 0.905. The van der Waals surface area contributed by atoms with Gasteiger partial charge in [0.2, 0.25) is 5.91 Å². The van der Waals surface area contributed by atoms with Gasteiger partial charge >= 0.3 is 6.09 Å². The number of piperazine rings is 1. The van der Waals surface area contributed by atoms with Crippen LogP contribution in [0.15, 0.2) is 0 Å². The number of hydrogen-bond acceptors (Lipinski definition) is 7. The third-order valence-corrected chi connectivity index (χ3v) is 9.22. The average Bonchev–Trinajstić information content (AvgIpc) is 3.13. The zero-order valence-corrected chi connectivity index (χ0v) is 19.8. The normalized spacial score (nSPS) is 36.2. The van der Waals surface area contributed by atoms with Crippen LogP contribution in [0.1, 0.15) is 47.0 Å². The lowest BCUT2D eigenvalue weighted by Gasteiger charge is -2.54. The Balaban J connectivity index is 1.46. The second kappa shape index (κ2) is 8.51. The molecule has 4 aliphatic rings. The van der Waals surface area contributed by atoms with Crippen molar-refractivity contribution in [2.24, 2.45) is 11.8 Å². The number of sulfone groups is 1. The van der Waals surface area contributed by atoms with Gasteiger partial charge in [-0.3, -0.25) is 10.2 Å². The van der Waals surface area contributed by atoms with Crippen molar-refractivity contribution in [3.63, 3.8) is 0 Å². The van der Waals surface area contributed by atoms with Crippen LogP contribution in [0.5, 0.6) is 0 Å². The highest BCUT2D eigenvalue weighted by molar-refractivity contribution is 7.92. The summed E-state index contributed by atoms with van der Waals surface area (Å²) in [5, 5.41) is 2.10. The summed E-state index contributed by atoms with van der Waals surface area (Å²) in [7, 11) is -2.85. The Morgan fingerprint density at radius 2 is 1.77 bits per heavy atom. The molecule has 0 aromatic heterocycles. The SMILES string of the molecule is CC(=O)N1C2CCC(C3CNN(C4CS(=O)(=O)C4)C3)CC2N(C(=O)OC(C)C)C[C@@H]1C. The summed E-state index contributed by atoms with van der Waals surface area (Å²) < 4.78 is 28.6. The molecular formula is C21H36N4O5S. The van der Waals surface area contributed by atoms with Gasteiger partial charge in [-0.2, -0.15) is 0 Å². The van der Waals surface area contributed by atoms with E-state index in [1.54, 1.807) is 6.92 Å². The molecule has 4 rings (SSSR count). The Labute approximate surface area is 185 Å². The maximum absolute atomic E-state index is 12.9. The van der Waals surface area contributed by atoms with Crippen LogP contribution < -0.4 is 5.43 Å². The molecule has 0 aromatic rings. The predicted molar refractivity (Wildman–Crippen MR) is 116 cm³/mol. The number of nitrogens with zero attached hydrogens (tertiary/aromatic N) is 3. The molecule has 1 saturated carbocycles. The van der Waals surface area contributed by atoms with Crippen molar-refractivity contribution in [1.82, 2.24) is 20.2 Å². The fourth-order valence-corrected chi connectivity index (χ4v) is 7.47. The monoisotopic (exact) mass is 456 g/mol. The molecule has 1 aliphatic carbocycles. The van der Waals surface area contributed by atoms with Crippen molar-refractivity contribution in [3.05, 3.63) is 0 Å². The number of carbonyl (C=O) groups excluding carboxylic acids is 2. The molecule has 3 aliphatic heterocycles. The number of fused-ring (bicyclic) bond motifs is 1. The predicted octanol–water partition coefficient (Wildman–Crippen LogP) is 0.855. The van der Waals surface area contributed by atoms with Crippen LogP contribution in [0.4, 0.5) is 4.79 Å². The first-order valence-electron chi connectivity index (χ1n) is 11.5. The van der Waals surface area contributed by atoms with Gasteiger partial charge in [-0.05, 0) is 51.9 Å². The summed E-state index contributed by atoms with van der Waals surface area (Å²) in [4.78, 5) is 29.1. The second-order valence-corrected chi connectivity index (χ2v) is 12.2. The van der Waals surface area contributed by atoms with Crippen molar-refractivity contribution < 1.29 is 22.7 Å². The van der Waals surface area contributed by atoms with Crippen LogP contribution in [-0.4, -0.2) is 96.6 Å². The molecular weight excluding hydrogens is 420 g/mol. The highest BCUT2D eigenvalue weighted by Gasteiger charge is 2.49. The van der Waals surface area contributed by atoms with E-state index in [0.717, 1.165) is 32.4 Å². The molecule has 3 saturated heterocycles. The van der Waals surface area contributed by atoms with Crippen molar-refractivity contribution in [2.75, 3.05) is 31.1 Å². The van der Waals surface area contributed by atoms with Gasteiger partial charge in [0.05, 0.1) is 35.7 Å². The van der Waals surface area contributed by atoms with Crippen LogP contribution in [-0.2, 0) is 19.4 Å². The maximum atomic E-state index is 12.9. The lowest BCUT2D eigenvalue weighted by Crippen LogP contribution is -2.67. The molecule has 5 atom stereocenters. The molecule has 4 fully saturated rings. The van der Waals surface area contributed by atoms with Crippen LogP contribution in [0, 0.1) is 11.8 Å². The summed E-state index contributed by atoms with van der Waals surface area (Å²) in [5.74, 6) is 1.38. The van der Waals surface area contributed by atoms with Gasteiger partial charge in [-0.1, -0.05) is 0 Å². The lowest BCUT2D eigenvalue weighted by molar-refractivity contribution is -0.142. The number of amides is 2. The number of nitrogens with one attached hydrogen (secondary N) is 1. The average molecular weight is 457 g/mol. The van der Waals surface area contributed by atoms with E-state index in [9.17, 15) is 18.0 Å². The molecule has 0 bridgehead atoms. The van der Waals surface area contributed by atoms with Crippen LogP contribution >= 0.6 is 0 Å². The van der Waals surface area contributed by atoms with E-state index in [0.29, 0.717) is 18.4 Å². The Hall–Kier alpha value is -1.39. The molecule has 0 radical (unpaired) electrons. The standard InChI is InChI=1S/C21H36N4O5S/c1-13(2)30-21(27)23-9-14(3)25(15(4)26)19-6-5-16(7-20(19)23)17-8-22-24(10-17)18-11-31(28,29)12-18/h13-14,16-20,22H,5-12H2,1-4H3/t14-,16?,17?,19?,20?/m0/s1. The van der Waals surface area contributed by atoms with Gasteiger partial charge in [0.1, 0.15) is 0 Å². The Kier molecular flexibility index (Phi) is 6.26. The Bertz CT molecular complexity index is 807. The topological polar surface area (TPSA) is 99.3 Å². The quantitative estimate of drug-likeness (QED) is 0.672. The van der Waals surface area contributed by atoms with Gasteiger partial charge in [0.15, 0.2) is 9.84 Å². The van der Waals surface area contributed by atoms with Gasteiger partial charge in [-0.25, -0.2) is 18.2 Å². The highest BCUT2D eigenvalue weighted by Crippen LogP contribution is 2.40. The van der Waals surface area contributed by atoms with E-state index in [1.807, 2.05) is 30.6 Å². The van der Waals surface area contributed by atoms with Crippen molar-refractivity contribution in [2.45, 2.75) is 77.2 Å². The molecule has 0 aromatic carbocycles. The van der Waals surface area contributed by atoms with Crippen molar-refractivity contribution in [1.29, 1.82) is 0 Å². The third-order valence-electron chi connectivity index (χ3n) is 7.44. The van der Waals surface area contributed by atoms with Crippen molar-refractivity contribution in [3.8, 4) is 0 Å². The van der Waals surface area contributed by atoms with Gasteiger partial charge in [0.25, 0.3) is 0 Å². The minimum absolute atomic E-state index is 0.0273. The largest absolute Gasteiger partial charge is 0.447 e.